The summed E-state index contributed by atoms with van der Waals surface area (Å²) >= 11 is 0. The Morgan fingerprint density at radius 2 is 1.71 bits per heavy atom. The fourth-order valence-corrected chi connectivity index (χ4v) is 7.96. The average Bonchev–Trinajstić information content (AvgIpc) is 3.28. The first-order valence-electron chi connectivity index (χ1n) is 14.0. The summed E-state index contributed by atoms with van der Waals surface area (Å²) in [6.45, 7) is 14.1. The minimum Gasteiger partial charge on any atom is -0.457 e. The Kier molecular flexibility index (Phi) is 7.07. The van der Waals surface area contributed by atoms with Gasteiger partial charge >= 0.3 is 11.9 Å². The van der Waals surface area contributed by atoms with E-state index in [0.717, 1.165) is 0 Å². The van der Waals surface area contributed by atoms with Gasteiger partial charge in [0.05, 0.1) is 24.0 Å². The predicted molar refractivity (Wildman–Crippen MR) is 139 cm³/mol. The van der Waals surface area contributed by atoms with Gasteiger partial charge in [-0.1, -0.05) is 60.6 Å². The molecule has 0 aromatic heterocycles. The van der Waals surface area contributed by atoms with Crippen molar-refractivity contribution < 1.29 is 39.2 Å². The molecular formula is C30H44O8. The van der Waals surface area contributed by atoms with Crippen LogP contribution in [0.5, 0.6) is 0 Å². The van der Waals surface area contributed by atoms with Crippen LogP contribution >= 0.6 is 0 Å². The lowest BCUT2D eigenvalue weighted by Crippen LogP contribution is -2.66. The first kappa shape index (κ1) is 29.0. The maximum absolute atomic E-state index is 13.4. The molecule has 212 valence electrons. The minimum atomic E-state index is -1.94. The van der Waals surface area contributed by atoms with Crippen molar-refractivity contribution in [1.29, 1.82) is 0 Å². The molecular weight excluding hydrogens is 488 g/mol. The van der Waals surface area contributed by atoms with Crippen LogP contribution in [0.4, 0.5) is 0 Å². The molecule has 0 aliphatic heterocycles. The summed E-state index contributed by atoms with van der Waals surface area (Å²) in [5.41, 5.74) is -4.78. The van der Waals surface area contributed by atoms with Crippen LogP contribution in [-0.2, 0) is 23.9 Å². The van der Waals surface area contributed by atoms with E-state index in [0.29, 0.717) is 24.0 Å². The summed E-state index contributed by atoms with van der Waals surface area (Å²) in [7, 11) is 0. The van der Waals surface area contributed by atoms with Crippen molar-refractivity contribution in [2.24, 2.45) is 40.9 Å². The van der Waals surface area contributed by atoms with Crippen LogP contribution in [-0.4, -0.2) is 62.6 Å². The molecule has 0 saturated heterocycles. The summed E-state index contributed by atoms with van der Waals surface area (Å²) in [5, 5.41) is 34.7. The van der Waals surface area contributed by atoms with Gasteiger partial charge in [0, 0.05) is 35.5 Å². The first-order valence-corrected chi connectivity index (χ1v) is 14.0. The summed E-state index contributed by atoms with van der Waals surface area (Å²) in [6, 6.07) is 0. The number of Topliss-reactive ketones (excluding diaryl/α,β-unsaturated/α-hetero) is 1. The summed E-state index contributed by atoms with van der Waals surface area (Å²) in [4.78, 5) is 39.7. The molecule has 8 atom stereocenters. The maximum atomic E-state index is 13.4. The molecule has 4 aliphatic rings. The van der Waals surface area contributed by atoms with Gasteiger partial charge in [-0.05, 0) is 30.9 Å². The highest BCUT2D eigenvalue weighted by atomic mass is 16.6. The van der Waals surface area contributed by atoms with E-state index in [2.05, 4.69) is 0 Å². The molecule has 4 aliphatic carbocycles. The second-order valence-corrected chi connectivity index (χ2v) is 12.9. The molecule has 0 amide bonds. The Morgan fingerprint density at radius 1 is 1.11 bits per heavy atom. The molecule has 8 nitrogen and oxygen atoms in total. The lowest BCUT2D eigenvalue weighted by molar-refractivity contribution is -0.231. The Labute approximate surface area is 225 Å². The van der Waals surface area contributed by atoms with Gasteiger partial charge in [-0.25, -0.2) is 0 Å². The van der Waals surface area contributed by atoms with Gasteiger partial charge in [0.15, 0.2) is 11.4 Å². The minimum absolute atomic E-state index is 0.115. The van der Waals surface area contributed by atoms with E-state index in [1.54, 1.807) is 39.8 Å². The molecule has 0 heterocycles. The van der Waals surface area contributed by atoms with Gasteiger partial charge in [0.2, 0.25) is 0 Å². The summed E-state index contributed by atoms with van der Waals surface area (Å²) in [6.07, 6.45) is 3.48. The molecule has 2 saturated carbocycles. The number of ketones is 1. The van der Waals surface area contributed by atoms with E-state index in [-0.39, 0.29) is 24.9 Å². The zero-order chi connectivity index (χ0) is 28.6. The monoisotopic (exact) mass is 532 g/mol. The van der Waals surface area contributed by atoms with E-state index in [9.17, 15) is 29.7 Å². The number of carbonyl (C=O) groups is 3. The highest BCUT2D eigenvalue weighted by Crippen LogP contribution is 2.77. The third-order valence-electron chi connectivity index (χ3n) is 10.3. The topological polar surface area (TPSA) is 130 Å². The largest absolute Gasteiger partial charge is 0.457 e. The maximum Gasteiger partial charge on any atom is 0.309 e. The SMILES string of the molecule is CCC(CC)C(=O)O[C@]12[C@H]([C@@H]3C=C(CO)C[C@@]4(O)C(=O)C(C)=C[C@@H]4[C@]3(O)[C@H](C)[C@@H]1OC(=O)C(C)C)C2(C)C. The molecule has 0 unspecified atom stereocenters. The van der Waals surface area contributed by atoms with Gasteiger partial charge in [0.1, 0.15) is 11.7 Å². The molecule has 2 fully saturated rings. The second-order valence-electron chi connectivity index (χ2n) is 12.9. The molecule has 0 radical (unpaired) electrons. The molecule has 0 aromatic rings. The van der Waals surface area contributed by atoms with Crippen molar-refractivity contribution in [2.75, 3.05) is 6.61 Å². The number of hydrogen-bond donors (Lipinski definition) is 3. The van der Waals surface area contributed by atoms with Gasteiger partial charge in [-0.2, -0.15) is 0 Å². The van der Waals surface area contributed by atoms with E-state index in [1.807, 2.05) is 27.7 Å². The van der Waals surface area contributed by atoms with E-state index < -0.39 is 69.7 Å². The number of carbonyl (C=O) groups excluding carboxylic acids is 3. The predicted octanol–water partition coefficient (Wildman–Crippen LogP) is 3.12. The Morgan fingerprint density at radius 3 is 2.24 bits per heavy atom. The van der Waals surface area contributed by atoms with Crippen LogP contribution in [0.3, 0.4) is 0 Å². The zero-order valence-electron chi connectivity index (χ0n) is 23.9. The van der Waals surface area contributed by atoms with Gasteiger partial charge in [-0.3, -0.25) is 14.4 Å². The smallest absolute Gasteiger partial charge is 0.309 e. The number of aliphatic hydroxyl groups excluding tert-OH is 1. The van der Waals surface area contributed by atoms with Crippen molar-refractivity contribution in [1.82, 2.24) is 0 Å². The number of ether oxygens (including phenoxy) is 2. The van der Waals surface area contributed by atoms with Crippen molar-refractivity contribution in [2.45, 2.75) is 97.6 Å². The Hall–Kier alpha value is -2.03. The fourth-order valence-electron chi connectivity index (χ4n) is 7.96. The van der Waals surface area contributed by atoms with Crippen LogP contribution in [0.2, 0.25) is 0 Å². The lowest BCUT2D eigenvalue weighted by atomic mass is 9.59. The Balaban J connectivity index is 1.94. The quantitative estimate of drug-likeness (QED) is 0.337. The summed E-state index contributed by atoms with van der Waals surface area (Å²) < 4.78 is 12.5. The molecule has 0 aromatic carbocycles. The van der Waals surface area contributed by atoms with Crippen LogP contribution in [0.25, 0.3) is 0 Å². The average molecular weight is 533 g/mol. The van der Waals surface area contributed by atoms with Gasteiger partial charge in [0.25, 0.3) is 0 Å². The third-order valence-corrected chi connectivity index (χ3v) is 10.3. The van der Waals surface area contributed by atoms with Gasteiger partial charge in [-0.15, -0.1) is 0 Å². The molecule has 4 rings (SSSR count). The molecule has 38 heavy (non-hydrogen) atoms. The van der Waals surface area contributed by atoms with Crippen LogP contribution in [0, 0.1) is 40.9 Å². The van der Waals surface area contributed by atoms with Crippen molar-refractivity contribution in [3.63, 3.8) is 0 Å². The third kappa shape index (κ3) is 3.62. The number of esters is 2. The van der Waals surface area contributed by atoms with Crippen molar-refractivity contribution in [3.8, 4) is 0 Å². The van der Waals surface area contributed by atoms with E-state index >= 15 is 0 Å². The van der Waals surface area contributed by atoms with Crippen molar-refractivity contribution in [3.05, 3.63) is 23.3 Å². The zero-order valence-corrected chi connectivity index (χ0v) is 23.9. The van der Waals surface area contributed by atoms with Crippen molar-refractivity contribution >= 4 is 17.7 Å². The fraction of sp³-hybridized carbons (Fsp3) is 0.767. The normalized spacial score (nSPS) is 41.0. The molecule has 0 bridgehead atoms. The number of rotatable bonds is 7. The van der Waals surface area contributed by atoms with Crippen LogP contribution in [0.15, 0.2) is 23.3 Å². The highest BCUT2D eigenvalue weighted by Gasteiger charge is 2.88. The molecule has 8 heteroatoms. The lowest BCUT2D eigenvalue weighted by Gasteiger charge is -2.53. The highest BCUT2D eigenvalue weighted by molar-refractivity contribution is 6.04. The summed E-state index contributed by atoms with van der Waals surface area (Å²) in [5.74, 6) is -5.06. The van der Waals surface area contributed by atoms with Gasteiger partial charge < -0.3 is 24.8 Å². The standard InChI is InChI=1S/C30H44O8/c1-9-19(10-2)26(34)38-30-22(27(30,7)8)20-12-18(14-31)13-28(35)21(11-16(5)23(28)32)29(20,36)17(6)24(30)37-25(33)15(3)4/h11-12,15,17,19-22,24,31,35-36H,9-10,13-14H2,1-8H3/t17-,20+,21+,22-,24+,28+,29+,30-/m1/s1. The van der Waals surface area contributed by atoms with E-state index in [1.165, 1.54) is 0 Å². The van der Waals surface area contributed by atoms with Crippen LogP contribution in [0.1, 0.15) is 74.7 Å². The second kappa shape index (κ2) is 9.27. The molecule has 3 N–H and O–H groups in total. The van der Waals surface area contributed by atoms with E-state index in [4.69, 9.17) is 9.47 Å². The molecule has 0 spiro atoms. The number of aliphatic hydroxyl groups is 3. The van der Waals surface area contributed by atoms with Crippen LogP contribution < -0.4 is 0 Å². The number of fused-ring (bicyclic) bond motifs is 5. The Bertz CT molecular complexity index is 1080. The number of hydrogen-bond acceptors (Lipinski definition) is 8. The first-order chi connectivity index (χ1) is 17.6.